The first-order valence-corrected chi connectivity index (χ1v) is 12.3. The molecule has 2 aromatic carbocycles. The summed E-state index contributed by atoms with van der Waals surface area (Å²) in [6.07, 6.45) is 2.69. The highest BCUT2D eigenvalue weighted by Gasteiger charge is 2.58. The third-order valence-corrected chi connectivity index (χ3v) is 7.97. The highest BCUT2D eigenvalue weighted by molar-refractivity contribution is 5.87. The number of halogens is 1. The van der Waals surface area contributed by atoms with Crippen LogP contribution in [0.25, 0.3) is 0 Å². The number of Topliss-reactive ketones (excluding diaryl/α,β-unsaturated/α-hetero) is 1. The van der Waals surface area contributed by atoms with Crippen molar-refractivity contribution in [2.75, 3.05) is 7.11 Å². The zero-order valence-electron chi connectivity index (χ0n) is 20.3. The Kier molecular flexibility index (Phi) is 6.43. The number of fused-ring (bicyclic) bond motifs is 1. The van der Waals surface area contributed by atoms with Gasteiger partial charge in [0.15, 0.2) is 0 Å². The number of piperidine rings is 1. The Bertz CT molecular complexity index is 1260. The highest BCUT2D eigenvalue weighted by atomic mass is 19.1. The largest absolute Gasteiger partial charge is 0.496 e. The van der Waals surface area contributed by atoms with Crippen LogP contribution in [-0.4, -0.2) is 35.5 Å². The summed E-state index contributed by atoms with van der Waals surface area (Å²) in [5.74, 6) is -2.90. The molecule has 1 aliphatic heterocycles. The number of furan rings is 1. The molecule has 6 nitrogen and oxygen atoms in total. The van der Waals surface area contributed by atoms with Gasteiger partial charge in [0.05, 0.1) is 19.3 Å². The Balaban J connectivity index is 1.61. The Morgan fingerprint density at radius 2 is 1.83 bits per heavy atom. The number of carboxylic acid groups (broad SMARTS) is 1. The lowest BCUT2D eigenvalue weighted by Gasteiger charge is -2.54. The van der Waals surface area contributed by atoms with E-state index in [0.29, 0.717) is 18.6 Å². The number of para-hydroxylation sites is 1. The number of aliphatic carboxylic acids is 1. The van der Waals surface area contributed by atoms with Gasteiger partial charge >= 0.3 is 5.97 Å². The Morgan fingerprint density at radius 3 is 2.50 bits per heavy atom. The maximum atomic E-state index is 15.2. The molecule has 1 saturated heterocycles. The number of hydrogen-bond donors (Lipinski definition) is 2. The third kappa shape index (κ3) is 4.22. The monoisotopic (exact) mass is 491 g/mol. The van der Waals surface area contributed by atoms with Gasteiger partial charge in [0, 0.05) is 36.3 Å². The normalized spacial score (nSPS) is 30.0. The second-order valence-electron chi connectivity index (χ2n) is 10.2. The molecule has 7 heteroatoms. The van der Waals surface area contributed by atoms with Crippen molar-refractivity contribution in [3.05, 3.63) is 89.6 Å². The van der Waals surface area contributed by atoms with Gasteiger partial charge in [-0.1, -0.05) is 36.4 Å². The van der Waals surface area contributed by atoms with Crippen LogP contribution in [0.15, 0.2) is 71.3 Å². The van der Waals surface area contributed by atoms with E-state index in [1.807, 2.05) is 31.2 Å². The van der Waals surface area contributed by atoms with Crippen LogP contribution in [0.2, 0.25) is 0 Å². The standard InChI is InChI=1S/C29H30FNO5/c1-29(16-18-8-7-13-36-18)27(28(33)34)25(20-10-3-5-11-21(20)30)26-22(31-29)14-17(15-23(26)32)19-9-4-6-12-24(19)35-2/h3-13,17,22,25-27,31H,14-16H2,1-2H3,(H,33,34). The van der Waals surface area contributed by atoms with Crippen LogP contribution in [-0.2, 0) is 16.0 Å². The molecule has 2 aliphatic rings. The van der Waals surface area contributed by atoms with Gasteiger partial charge in [-0.05, 0) is 54.7 Å². The minimum Gasteiger partial charge on any atom is -0.496 e. The van der Waals surface area contributed by atoms with Crippen molar-refractivity contribution in [2.24, 2.45) is 11.8 Å². The van der Waals surface area contributed by atoms with Crippen molar-refractivity contribution in [3.63, 3.8) is 0 Å². The maximum Gasteiger partial charge on any atom is 0.309 e. The van der Waals surface area contributed by atoms with Gasteiger partial charge in [-0.15, -0.1) is 0 Å². The minimum absolute atomic E-state index is 0.0609. The predicted molar refractivity (Wildman–Crippen MR) is 131 cm³/mol. The van der Waals surface area contributed by atoms with Crippen LogP contribution in [0.1, 0.15) is 48.5 Å². The Labute approximate surface area is 209 Å². The Morgan fingerprint density at radius 1 is 1.11 bits per heavy atom. The second-order valence-corrected chi connectivity index (χ2v) is 10.2. The molecular formula is C29H30FNO5. The van der Waals surface area contributed by atoms with Crippen molar-refractivity contribution < 1.29 is 28.2 Å². The van der Waals surface area contributed by atoms with Crippen molar-refractivity contribution in [3.8, 4) is 5.75 Å². The fourth-order valence-corrected chi connectivity index (χ4v) is 6.58. The van der Waals surface area contributed by atoms with E-state index in [1.165, 1.54) is 6.07 Å². The molecular weight excluding hydrogens is 461 g/mol. The molecule has 6 unspecified atom stereocenters. The number of hydrogen-bond acceptors (Lipinski definition) is 5. The molecule has 0 amide bonds. The molecule has 0 spiro atoms. The molecule has 1 aliphatic carbocycles. The summed E-state index contributed by atoms with van der Waals surface area (Å²) in [4.78, 5) is 26.6. The maximum absolute atomic E-state index is 15.2. The highest BCUT2D eigenvalue weighted by Crippen LogP contribution is 2.51. The van der Waals surface area contributed by atoms with Crippen LogP contribution < -0.4 is 10.1 Å². The summed E-state index contributed by atoms with van der Waals surface area (Å²) < 4.78 is 26.4. The van der Waals surface area contributed by atoms with E-state index in [-0.39, 0.29) is 29.7 Å². The van der Waals surface area contributed by atoms with E-state index in [0.717, 1.165) is 11.3 Å². The van der Waals surface area contributed by atoms with Crippen molar-refractivity contribution >= 4 is 11.8 Å². The summed E-state index contributed by atoms with van der Waals surface area (Å²) in [5, 5.41) is 14.0. The lowest BCUT2D eigenvalue weighted by atomic mass is 9.57. The fraction of sp³-hybridized carbons (Fsp3) is 0.379. The SMILES string of the molecule is COc1ccccc1C1CC(=O)C2C(C1)NC(C)(Cc1ccco1)C(C(=O)O)C2c1ccccc1F. The molecule has 2 heterocycles. The number of benzene rings is 2. The average Bonchev–Trinajstić information content (AvgIpc) is 3.35. The first kappa shape index (κ1) is 24.3. The molecule has 188 valence electrons. The van der Waals surface area contributed by atoms with E-state index in [4.69, 9.17) is 9.15 Å². The van der Waals surface area contributed by atoms with E-state index in [9.17, 15) is 14.7 Å². The molecule has 2 N–H and O–H groups in total. The second kappa shape index (κ2) is 9.54. The molecule has 2 fully saturated rings. The predicted octanol–water partition coefficient (Wildman–Crippen LogP) is 4.95. The lowest BCUT2D eigenvalue weighted by Crippen LogP contribution is -2.68. The number of methoxy groups -OCH3 is 1. The van der Waals surface area contributed by atoms with E-state index >= 15 is 4.39 Å². The van der Waals surface area contributed by atoms with E-state index < -0.39 is 35.1 Å². The molecule has 1 aromatic heterocycles. The lowest BCUT2D eigenvalue weighted by molar-refractivity contribution is -0.151. The van der Waals surface area contributed by atoms with Crippen LogP contribution >= 0.6 is 0 Å². The number of carboxylic acids is 1. The zero-order chi connectivity index (χ0) is 25.4. The quantitative estimate of drug-likeness (QED) is 0.507. The summed E-state index contributed by atoms with van der Waals surface area (Å²) in [6.45, 7) is 1.84. The van der Waals surface area contributed by atoms with Gasteiger partial charge in [-0.3, -0.25) is 9.59 Å². The molecule has 1 saturated carbocycles. The Hall–Kier alpha value is -3.45. The van der Waals surface area contributed by atoms with Gasteiger partial charge in [0.1, 0.15) is 23.1 Å². The average molecular weight is 492 g/mol. The minimum atomic E-state index is -1.07. The fourth-order valence-electron chi connectivity index (χ4n) is 6.58. The first-order chi connectivity index (χ1) is 17.3. The van der Waals surface area contributed by atoms with Gasteiger partial charge in [0.2, 0.25) is 0 Å². The molecule has 0 radical (unpaired) electrons. The van der Waals surface area contributed by atoms with Crippen LogP contribution in [0.5, 0.6) is 5.75 Å². The zero-order valence-corrected chi connectivity index (χ0v) is 20.3. The number of carbonyl (C=O) groups is 2. The number of carbonyl (C=O) groups excluding carboxylic acids is 1. The molecule has 3 aromatic rings. The smallest absolute Gasteiger partial charge is 0.309 e. The van der Waals surface area contributed by atoms with Gasteiger partial charge in [-0.25, -0.2) is 4.39 Å². The van der Waals surface area contributed by atoms with Crippen LogP contribution in [0.4, 0.5) is 4.39 Å². The van der Waals surface area contributed by atoms with E-state index in [2.05, 4.69) is 5.32 Å². The summed E-state index contributed by atoms with van der Waals surface area (Å²) >= 11 is 0. The van der Waals surface area contributed by atoms with Crippen molar-refractivity contribution in [1.82, 2.24) is 5.32 Å². The number of ether oxygens (including phenoxy) is 1. The van der Waals surface area contributed by atoms with Crippen molar-refractivity contribution in [1.29, 1.82) is 0 Å². The molecule has 36 heavy (non-hydrogen) atoms. The first-order valence-electron chi connectivity index (χ1n) is 12.3. The summed E-state index contributed by atoms with van der Waals surface area (Å²) in [7, 11) is 1.61. The molecule has 0 bridgehead atoms. The summed E-state index contributed by atoms with van der Waals surface area (Å²) in [5.41, 5.74) is 0.237. The molecule has 6 atom stereocenters. The number of rotatable bonds is 6. The van der Waals surface area contributed by atoms with E-state index in [1.54, 1.807) is 43.7 Å². The molecule has 5 rings (SSSR count). The number of ketones is 1. The van der Waals surface area contributed by atoms with Gasteiger partial charge in [-0.2, -0.15) is 0 Å². The third-order valence-electron chi connectivity index (χ3n) is 7.97. The summed E-state index contributed by atoms with van der Waals surface area (Å²) in [6, 6.07) is 17.1. The number of nitrogens with one attached hydrogen (secondary N) is 1. The van der Waals surface area contributed by atoms with Gasteiger partial charge in [0.25, 0.3) is 0 Å². The van der Waals surface area contributed by atoms with Crippen LogP contribution in [0.3, 0.4) is 0 Å². The van der Waals surface area contributed by atoms with Gasteiger partial charge < -0.3 is 19.6 Å². The van der Waals surface area contributed by atoms with Crippen LogP contribution in [0, 0.1) is 17.7 Å². The topological polar surface area (TPSA) is 88.8 Å². The van der Waals surface area contributed by atoms with Crippen molar-refractivity contribution in [2.45, 2.75) is 49.6 Å².